The maximum atomic E-state index is 12.0. The maximum Gasteiger partial charge on any atom is 0.339 e. The van der Waals surface area contributed by atoms with E-state index in [1.54, 1.807) is 9.36 Å². The molecule has 34 heavy (non-hydrogen) atoms. The van der Waals surface area contributed by atoms with E-state index in [0.717, 1.165) is 34.7 Å². The molecule has 2 heterocycles. The second-order valence-electron chi connectivity index (χ2n) is 9.72. The summed E-state index contributed by atoms with van der Waals surface area (Å²) in [7, 11) is 1.83. The van der Waals surface area contributed by atoms with Gasteiger partial charge in [-0.15, -0.1) is 5.10 Å². The van der Waals surface area contributed by atoms with Crippen LogP contribution in [0.25, 0.3) is 16.8 Å². The molecular formula is C26H27N5O3. The molecule has 0 amide bonds. The summed E-state index contributed by atoms with van der Waals surface area (Å²) < 4.78 is 9.45. The highest BCUT2D eigenvalue weighted by Gasteiger charge is 2.46. The van der Waals surface area contributed by atoms with Crippen LogP contribution in [0.1, 0.15) is 60.8 Å². The molecule has 174 valence electrons. The second kappa shape index (κ2) is 8.13. The standard InChI is InChI=1S/C26H27N5O3/c1-26(2,3)34-19-10-6-8-17(12-19)16-7-5-9-18(11-16)31-24(22(14-27-31)25(32)33)21-13-20(21)23-15-30(4)29-28-23/h5-12,14-15,20-21H,13H2,1-4H3,(H,32,33). The Bertz CT molecular complexity index is 1360. The molecule has 2 aromatic carbocycles. The van der Waals surface area contributed by atoms with Gasteiger partial charge >= 0.3 is 5.97 Å². The van der Waals surface area contributed by atoms with Crippen LogP contribution in [-0.4, -0.2) is 41.5 Å². The Morgan fingerprint density at radius 2 is 1.82 bits per heavy atom. The molecule has 0 saturated heterocycles. The van der Waals surface area contributed by atoms with Crippen LogP contribution in [0.4, 0.5) is 0 Å². The SMILES string of the molecule is Cn1cc(C2CC2c2c(C(=O)O)cnn2-c2cccc(-c3cccc(OC(C)(C)C)c3)c2)nn1. The lowest BCUT2D eigenvalue weighted by molar-refractivity contribution is 0.0695. The van der Waals surface area contributed by atoms with E-state index < -0.39 is 5.97 Å². The second-order valence-corrected chi connectivity index (χ2v) is 9.72. The van der Waals surface area contributed by atoms with E-state index in [0.29, 0.717) is 5.69 Å². The number of hydrogen-bond acceptors (Lipinski definition) is 5. The van der Waals surface area contributed by atoms with Gasteiger partial charge in [0.05, 0.1) is 23.3 Å². The zero-order valence-electron chi connectivity index (χ0n) is 19.6. The van der Waals surface area contributed by atoms with Crippen LogP contribution in [0.2, 0.25) is 0 Å². The van der Waals surface area contributed by atoms with Crippen LogP contribution in [0.5, 0.6) is 5.75 Å². The molecule has 4 aromatic rings. The topological polar surface area (TPSA) is 95.1 Å². The van der Waals surface area contributed by atoms with Crippen molar-refractivity contribution >= 4 is 5.97 Å². The molecule has 0 aliphatic heterocycles. The smallest absolute Gasteiger partial charge is 0.339 e. The van der Waals surface area contributed by atoms with Crippen molar-refractivity contribution in [2.45, 2.75) is 44.6 Å². The van der Waals surface area contributed by atoms with Gasteiger partial charge in [0.2, 0.25) is 0 Å². The largest absolute Gasteiger partial charge is 0.488 e. The summed E-state index contributed by atoms with van der Waals surface area (Å²) in [6.45, 7) is 6.06. The van der Waals surface area contributed by atoms with Gasteiger partial charge in [-0.25, -0.2) is 9.48 Å². The van der Waals surface area contributed by atoms with Gasteiger partial charge in [0.15, 0.2) is 0 Å². The zero-order chi connectivity index (χ0) is 24.0. The van der Waals surface area contributed by atoms with Crippen molar-refractivity contribution in [1.29, 1.82) is 0 Å². The third kappa shape index (κ3) is 4.31. The quantitative estimate of drug-likeness (QED) is 0.446. The van der Waals surface area contributed by atoms with Crippen LogP contribution in [0.3, 0.4) is 0 Å². The van der Waals surface area contributed by atoms with Gasteiger partial charge in [0.25, 0.3) is 0 Å². The average Bonchev–Trinajstić information content (AvgIpc) is 3.22. The first-order chi connectivity index (χ1) is 16.2. The highest BCUT2D eigenvalue weighted by atomic mass is 16.5. The van der Waals surface area contributed by atoms with Crippen LogP contribution >= 0.6 is 0 Å². The number of aromatic carboxylic acids is 1. The van der Waals surface area contributed by atoms with E-state index >= 15 is 0 Å². The molecule has 2 atom stereocenters. The Morgan fingerprint density at radius 1 is 1.09 bits per heavy atom. The minimum atomic E-state index is -0.978. The van der Waals surface area contributed by atoms with Crippen molar-refractivity contribution in [3.05, 3.63) is 77.9 Å². The fraction of sp³-hybridized carbons (Fsp3) is 0.308. The molecule has 2 aromatic heterocycles. The first kappa shape index (κ1) is 21.9. The van der Waals surface area contributed by atoms with E-state index in [1.807, 2.05) is 82.5 Å². The third-order valence-electron chi connectivity index (χ3n) is 5.86. The Balaban J connectivity index is 1.51. The molecule has 8 heteroatoms. The number of aryl methyl sites for hydroxylation is 1. The summed E-state index contributed by atoms with van der Waals surface area (Å²) in [6.07, 6.45) is 4.14. The van der Waals surface area contributed by atoms with Gasteiger partial charge < -0.3 is 9.84 Å². The van der Waals surface area contributed by atoms with Crippen molar-refractivity contribution in [3.63, 3.8) is 0 Å². The lowest BCUT2D eigenvalue weighted by atomic mass is 10.0. The van der Waals surface area contributed by atoms with Crippen molar-refractivity contribution in [2.75, 3.05) is 0 Å². The first-order valence-electron chi connectivity index (χ1n) is 11.3. The van der Waals surface area contributed by atoms with Crippen molar-refractivity contribution in [1.82, 2.24) is 24.8 Å². The van der Waals surface area contributed by atoms with Crippen molar-refractivity contribution in [2.24, 2.45) is 7.05 Å². The minimum Gasteiger partial charge on any atom is -0.488 e. The van der Waals surface area contributed by atoms with Crippen LogP contribution in [0, 0.1) is 0 Å². The summed E-state index contributed by atoms with van der Waals surface area (Å²) in [5, 5.41) is 22.5. The van der Waals surface area contributed by atoms with Crippen LogP contribution < -0.4 is 4.74 Å². The first-order valence-corrected chi connectivity index (χ1v) is 11.3. The van der Waals surface area contributed by atoms with E-state index in [4.69, 9.17) is 4.74 Å². The van der Waals surface area contributed by atoms with Gasteiger partial charge in [-0.3, -0.25) is 4.68 Å². The number of nitrogens with zero attached hydrogens (tertiary/aromatic N) is 5. The minimum absolute atomic E-state index is 0.0254. The lowest BCUT2D eigenvalue weighted by Gasteiger charge is -2.21. The molecule has 2 unspecified atom stereocenters. The Kier molecular flexibility index (Phi) is 5.23. The monoisotopic (exact) mass is 457 g/mol. The Morgan fingerprint density at radius 3 is 2.50 bits per heavy atom. The van der Waals surface area contributed by atoms with Gasteiger partial charge in [-0.05, 0) is 62.6 Å². The number of rotatable bonds is 6. The van der Waals surface area contributed by atoms with Crippen molar-refractivity contribution < 1.29 is 14.6 Å². The highest BCUT2D eigenvalue weighted by Crippen LogP contribution is 2.55. The molecule has 5 rings (SSSR count). The zero-order valence-corrected chi connectivity index (χ0v) is 19.6. The summed E-state index contributed by atoms with van der Waals surface area (Å²) >= 11 is 0. The van der Waals surface area contributed by atoms with Gasteiger partial charge in [-0.1, -0.05) is 29.5 Å². The van der Waals surface area contributed by atoms with Gasteiger partial charge in [0.1, 0.15) is 16.9 Å². The van der Waals surface area contributed by atoms with E-state index in [2.05, 4.69) is 15.4 Å². The number of carboxylic acids is 1. The average molecular weight is 458 g/mol. The lowest BCUT2D eigenvalue weighted by Crippen LogP contribution is -2.22. The fourth-order valence-electron chi connectivity index (χ4n) is 4.35. The van der Waals surface area contributed by atoms with Crippen LogP contribution in [0.15, 0.2) is 60.9 Å². The summed E-state index contributed by atoms with van der Waals surface area (Å²) in [5.74, 6) is -0.0171. The molecule has 0 spiro atoms. The summed E-state index contributed by atoms with van der Waals surface area (Å²) in [5.41, 5.74) is 4.33. The molecular weight excluding hydrogens is 430 g/mol. The predicted molar refractivity (Wildman–Crippen MR) is 127 cm³/mol. The van der Waals surface area contributed by atoms with E-state index in [9.17, 15) is 9.90 Å². The van der Waals surface area contributed by atoms with E-state index in [-0.39, 0.29) is 23.0 Å². The summed E-state index contributed by atoms with van der Waals surface area (Å²) in [6, 6.07) is 15.9. The number of ether oxygens (including phenoxy) is 1. The van der Waals surface area contributed by atoms with Crippen molar-refractivity contribution in [3.8, 4) is 22.6 Å². The number of carboxylic acid groups (broad SMARTS) is 1. The Labute approximate surface area is 197 Å². The molecule has 1 fully saturated rings. The number of benzene rings is 2. The molecule has 0 bridgehead atoms. The van der Waals surface area contributed by atoms with Gasteiger partial charge in [0, 0.05) is 25.1 Å². The molecule has 1 N–H and O–H groups in total. The van der Waals surface area contributed by atoms with E-state index in [1.165, 1.54) is 6.20 Å². The Hall–Kier alpha value is -3.94. The highest BCUT2D eigenvalue weighted by molar-refractivity contribution is 5.89. The maximum absolute atomic E-state index is 12.0. The summed E-state index contributed by atoms with van der Waals surface area (Å²) in [4.78, 5) is 12.0. The predicted octanol–water partition coefficient (Wildman–Crippen LogP) is 4.81. The molecule has 1 aliphatic rings. The van der Waals surface area contributed by atoms with Gasteiger partial charge in [-0.2, -0.15) is 5.10 Å². The third-order valence-corrected chi connectivity index (χ3v) is 5.86. The molecule has 8 nitrogen and oxygen atoms in total. The fourth-order valence-corrected chi connectivity index (χ4v) is 4.35. The molecule has 0 radical (unpaired) electrons. The molecule has 1 saturated carbocycles. The molecule has 1 aliphatic carbocycles. The normalized spacial score (nSPS) is 17.5. The van der Waals surface area contributed by atoms with Crippen LogP contribution in [-0.2, 0) is 7.05 Å². The number of aromatic nitrogens is 5. The number of hydrogen-bond donors (Lipinski definition) is 1. The number of carbonyl (C=O) groups is 1.